The summed E-state index contributed by atoms with van der Waals surface area (Å²) in [6.07, 6.45) is 4.55. The van der Waals surface area contributed by atoms with Gasteiger partial charge in [-0.15, -0.1) is 0 Å². The van der Waals surface area contributed by atoms with Crippen molar-refractivity contribution in [2.24, 2.45) is 0 Å². The molecular formula is C27H27N3O. The molecular weight excluding hydrogens is 382 g/mol. The van der Waals surface area contributed by atoms with Gasteiger partial charge in [-0.1, -0.05) is 42.5 Å². The first-order valence-corrected chi connectivity index (χ1v) is 10.5. The van der Waals surface area contributed by atoms with Crippen molar-refractivity contribution in [2.45, 2.75) is 12.5 Å². The average molecular weight is 410 g/mol. The zero-order valence-corrected chi connectivity index (χ0v) is 18.4. The zero-order chi connectivity index (χ0) is 21.8. The third kappa shape index (κ3) is 2.98. The summed E-state index contributed by atoms with van der Waals surface area (Å²) in [6, 6.07) is 24.8. The molecule has 4 aromatic rings. The van der Waals surface area contributed by atoms with Crippen molar-refractivity contribution in [3.05, 3.63) is 94.5 Å². The van der Waals surface area contributed by atoms with Crippen LogP contribution in [0.25, 0.3) is 23.1 Å². The predicted octanol–water partition coefficient (Wildman–Crippen LogP) is 3.52. The molecule has 2 heterocycles. The number of phenols is 1. The lowest BCUT2D eigenvalue weighted by atomic mass is 9.91. The van der Waals surface area contributed by atoms with Crippen LogP contribution in [0.3, 0.4) is 0 Å². The Morgan fingerprint density at radius 3 is 2.32 bits per heavy atom. The molecule has 31 heavy (non-hydrogen) atoms. The lowest BCUT2D eigenvalue weighted by Crippen LogP contribution is -2.44. The van der Waals surface area contributed by atoms with Gasteiger partial charge in [-0.3, -0.25) is 4.68 Å². The largest absolute Gasteiger partial charge is 0.508 e. The number of aromatic nitrogens is 1. The van der Waals surface area contributed by atoms with Crippen molar-refractivity contribution in [2.75, 3.05) is 31.1 Å². The Bertz CT molecular complexity index is 1380. The summed E-state index contributed by atoms with van der Waals surface area (Å²) >= 11 is 0. The minimum Gasteiger partial charge on any atom is -0.508 e. The van der Waals surface area contributed by atoms with E-state index in [1.54, 1.807) is 6.07 Å². The third-order valence-corrected chi connectivity index (χ3v) is 6.47. The van der Waals surface area contributed by atoms with Crippen molar-refractivity contribution in [3.63, 3.8) is 0 Å². The second-order valence-corrected chi connectivity index (χ2v) is 8.62. The summed E-state index contributed by atoms with van der Waals surface area (Å²) in [7, 11) is 6.22. The van der Waals surface area contributed by atoms with Crippen LogP contribution in [0.4, 0.5) is 5.69 Å². The molecule has 0 bridgehead atoms. The Morgan fingerprint density at radius 1 is 0.935 bits per heavy atom. The van der Waals surface area contributed by atoms with Gasteiger partial charge < -0.3 is 15.0 Å². The molecule has 1 aliphatic heterocycles. The Hall–Kier alpha value is -3.66. The van der Waals surface area contributed by atoms with Gasteiger partial charge in [0.15, 0.2) is 0 Å². The van der Waals surface area contributed by atoms with Gasteiger partial charge in [0.25, 0.3) is 0 Å². The van der Waals surface area contributed by atoms with Crippen LogP contribution in [0.2, 0.25) is 0 Å². The quantitative estimate of drug-likeness (QED) is 0.562. The summed E-state index contributed by atoms with van der Waals surface area (Å²) in [5, 5.41) is 15.8. The highest BCUT2D eigenvalue weighted by atomic mass is 16.3. The van der Waals surface area contributed by atoms with Crippen molar-refractivity contribution >= 4 is 28.7 Å². The summed E-state index contributed by atoms with van der Waals surface area (Å²) in [5.74, 6) is 0.280. The van der Waals surface area contributed by atoms with Crippen LogP contribution < -0.4 is 20.5 Å². The highest BCUT2D eigenvalue weighted by Crippen LogP contribution is 2.32. The first kappa shape index (κ1) is 19.3. The standard InChI is InChI=1S/C27H27N3O/c1-27(20-8-6-5-7-9-20)18-26-23(16-19-10-12-21(13-11-19)28(2)3)24-17-22(31)14-15-25(24)30(26)29(27)4/h5-18,31H,1-4H3/b23-16-. The van der Waals surface area contributed by atoms with E-state index < -0.39 is 0 Å². The summed E-state index contributed by atoms with van der Waals surface area (Å²) < 4.78 is 2.27. The number of anilines is 1. The van der Waals surface area contributed by atoms with Gasteiger partial charge in [0, 0.05) is 37.4 Å². The third-order valence-electron chi connectivity index (χ3n) is 6.47. The molecule has 0 aliphatic carbocycles. The van der Waals surface area contributed by atoms with Gasteiger partial charge in [-0.2, -0.15) is 0 Å². The number of hydrogen-bond acceptors (Lipinski definition) is 3. The fourth-order valence-electron chi connectivity index (χ4n) is 4.57. The fourth-order valence-corrected chi connectivity index (χ4v) is 4.57. The smallest absolute Gasteiger partial charge is 0.116 e. The highest BCUT2D eigenvalue weighted by Gasteiger charge is 2.35. The van der Waals surface area contributed by atoms with Gasteiger partial charge >= 0.3 is 0 Å². The molecule has 1 aliphatic rings. The summed E-state index contributed by atoms with van der Waals surface area (Å²) in [4.78, 5) is 2.10. The van der Waals surface area contributed by atoms with E-state index >= 15 is 0 Å². The van der Waals surface area contributed by atoms with E-state index in [4.69, 9.17) is 0 Å². The lowest BCUT2D eigenvalue weighted by Gasteiger charge is -2.35. The average Bonchev–Trinajstić information content (AvgIpc) is 3.20. The Labute approximate surface area is 182 Å². The van der Waals surface area contributed by atoms with Gasteiger partial charge in [0.1, 0.15) is 5.75 Å². The highest BCUT2D eigenvalue weighted by molar-refractivity contribution is 5.86. The number of benzene rings is 3. The van der Waals surface area contributed by atoms with E-state index in [9.17, 15) is 5.11 Å². The molecule has 4 heteroatoms. The van der Waals surface area contributed by atoms with Crippen molar-refractivity contribution in [1.82, 2.24) is 4.68 Å². The number of fused-ring (bicyclic) bond motifs is 3. The van der Waals surface area contributed by atoms with E-state index in [-0.39, 0.29) is 11.3 Å². The van der Waals surface area contributed by atoms with Crippen LogP contribution >= 0.6 is 0 Å². The molecule has 1 unspecified atom stereocenters. The Balaban J connectivity index is 1.79. The minimum absolute atomic E-state index is 0.264. The van der Waals surface area contributed by atoms with Crippen LogP contribution in [0.5, 0.6) is 5.75 Å². The van der Waals surface area contributed by atoms with Gasteiger partial charge in [-0.25, -0.2) is 0 Å². The molecule has 0 saturated heterocycles. The van der Waals surface area contributed by atoms with Gasteiger partial charge in [0.2, 0.25) is 0 Å². The zero-order valence-electron chi connectivity index (χ0n) is 18.4. The van der Waals surface area contributed by atoms with Crippen molar-refractivity contribution in [3.8, 4) is 5.75 Å². The van der Waals surface area contributed by atoms with E-state index in [1.165, 1.54) is 11.3 Å². The second-order valence-electron chi connectivity index (χ2n) is 8.62. The number of aromatic hydroxyl groups is 1. The lowest BCUT2D eigenvalue weighted by molar-refractivity contribution is 0.476. The molecule has 0 spiro atoms. The maximum Gasteiger partial charge on any atom is 0.116 e. The van der Waals surface area contributed by atoms with Crippen LogP contribution in [0.15, 0.2) is 72.8 Å². The molecule has 156 valence electrons. The molecule has 0 fully saturated rings. The number of phenolic OH excluding ortho intramolecular Hbond substituents is 1. The van der Waals surface area contributed by atoms with E-state index in [1.807, 2.05) is 26.2 Å². The molecule has 0 amide bonds. The van der Waals surface area contributed by atoms with E-state index in [2.05, 4.69) is 95.3 Å². The molecule has 5 rings (SSSR count). The maximum atomic E-state index is 10.2. The Morgan fingerprint density at radius 2 is 1.65 bits per heavy atom. The maximum absolute atomic E-state index is 10.2. The van der Waals surface area contributed by atoms with Crippen LogP contribution in [-0.2, 0) is 5.54 Å². The summed E-state index contributed by atoms with van der Waals surface area (Å²) in [6.45, 7) is 2.25. The van der Waals surface area contributed by atoms with Crippen molar-refractivity contribution < 1.29 is 5.11 Å². The second kappa shape index (κ2) is 6.95. The molecule has 1 aromatic heterocycles. The van der Waals surface area contributed by atoms with Crippen LogP contribution in [0, 0.1) is 0 Å². The fraction of sp³-hybridized carbons (Fsp3) is 0.185. The first-order valence-electron chi connectivity index (χ1n) is 10.5. The van der Waals surface area contributed by atoms with Gasteiger partial charge in [-0.05, 0) is 60.5 Å². The molecule has 0 saturated carbocycles. The van der Waals surface area contributed by atoms with Crippen LogP contribution in [0.1, 0.15) is 18.1 Å². The van der Waals surface area contributed by atoms with Gasteiger partial charge in [0.05, 0.1) is 16.4 Å². The molecule has 3 aromatic carbocycles. The minimum atomic E-state index is -0.264. The molecule has 4 nitrogen and oxygen atoms in total. The SMILES string of the molecule is CN(C)c1ccc(/C=c2\c3n(c4ccc(O)cc24)N(C)C(C)(c2ccccc2)C=3)cc1. The van der Waals surface area contributed by atoms with E-state index in [0.29, 0.717) is 0 Å². The van der Waals surface area contributed by atoms with E-state index in [0.717, 1.165) is 27.0 Å². The number of nitrogens with zero attached hydrogens (tertiary/aromatic N) is 3. The molecule has 1 atom stereocenters. The number of rotatable bonds is 3. The topological polar surface area (TPSA) is 31.6 Å². The normalized spacial score (nSPS) is 18.3. The Kier molecular flexibility index (Phi) is 4.33. The summed E-state index contributed by atoms with van der Waals surface area (Å²) in [5.41, 5.74) is 4.37. The van der Waals surface area contributed by atoms with Crippen LogP contribution in [-0.4, -0.2) is 30.9 Å². The molecule has 1 N–H and O–H groups in total. The number of hydrogen-bond donors (Lipinski definition) is 1. The molecule has 0 radical (unpaired) electrons. The predicted molar refractivity (Wildman–Crippen MR) is 130 cm³/mol. The monoisotopic (exact) mass is 409 g/mol. The van der Waals surface area contributed by atoms with Crippen molar-refractivity contribution in [1.29, 1.82) is 0 Å². The first-order chi connectivity index (χ1) is 14.9.